The summed E-state index contributed by atoms with van der Waals surface area (Å²) in [5.41, 5.74) is -1.60. The average molecular weight is 499 g/mol. The van der Waals surface area contributed by atoms with Crippen LogP contribution in [0.4, 0.5) is 22.0 Å². The van der Waals surface area contributed by atoms with Crippen LogP contribution >= 0.6 is 23.4 Å². The van der Waals surface area contributed by atoms with Gasteiger partial charge in [-0.15, -0.1) is 0 Å². The molecule has 33 heavy (non-hydrogen) atoms. The van der Waals surface area contributed by atoms with Gasteiger partial charge in [-0.2, -0.15) is 27.2 Å². The van der Waals surface area contributed by atoms with Crippen molar-refractivity contribution in [3.63, 3.8) is 0 Å². The Morgan fingerprint density at radius 2 is 1.76 bits per heavy atom. The predicted molar refractivity (Wildman–Crippen MR) is 113 cm³/mol. The van der Waals surface area contributed by atoms with Crippen molar-refractivity contribution in [1.29, 1.82) is 5.26 Å². The third-order valence-corrected chi connectivity index (χ3v) is 5.51. The number of halogens is 6. The van der Waals surface area contributed by atoms with E-state index < -0.39 is 29.7 Å². The second-order valence-corrected chi connectivity index (χ2v) is 7.87. The lowest BCUT2D eigenvalue weighted by atomic mass is 10.1. The smallest absolute Gasteiger partial charge is 0.417 e. The first-order valence-electron chi connectivity index (χ1n) is 9.07. The third-order valence-electron chi connectivity index (χ3n) is 4.28. The van der Waals surface area contributed by atoms with Gasteiger partial charge in [0.2, 0.25) is 0 Å². The number of nitrogens with zero attached hydrogens (tertiary/aromatic N) is 2. The van der Waals surface area contributed by atoms with Crippen LogP contribution < -0.4 is 4.74 Å². The Hall–Kier alpha value is -3.16. The van der Waals surface area contributed by atoms with E-state index in [0.29, 0.717) is 28.4 Å². The molecule has 1 aromatic heterocycles. The van der Waals surface area contributed by atoms with E-state index in [4.69, 9.17) is 11.6 Å². The molecule has 0 aliphatic heterocycles. The molecule has 0 atom stereocenters. The first-order valence-corrected chi connectivity index (χ1v) is 10.4. The number of rotatable bonds is 7. The van der Waals surface area contributed by atoms with Gasteiger partial charge in [-0.1, -0.05) is 23.4 Å². The van der Waals surface area contributed by atoms with Gasteiger partial charge in [0.1, 0.15) is 16.8 Å². The number of hydrogen-bond donors (Lipinski definition) is 0. The van der Waals surface area contributed by atoms with Crippen molar-refractivity contribution in [2.45, 2.75) is 17.8 Å². The molecule has 4 nitrogen and oxygen atoms in total. The van der Waals surface area contributed by atoms with E-state index in [0.717, 1.165) is 12.1 Å². The fourth-order valence-corrected chi connectivity index (χ4v) is 3.79. The first kappa shape index (κ1) is 24.5. The number of Topliss-reactive ketones (excluding diaryl/α,β-unsaturated/α-hetero) is 1. The number of ether oxygens (including phenoxy) is 1. The monoisotopic (exact) mass is 498 g/mol. The zero-order chi connectivity index (χ0) is 24.2. The van der Waals surface area contributed by atoms with Gasteiger partial charge in [0.25, 0.3) is 0 Å². The van der Waals surface area contributed by atoms with Gasteiger partial charge in [-0.05, 0) is 54.6 Å². The van der Waals surface area contributed by atoms with Crippen LogP contribution in [0.15, 0.2) is 59.6 Å². The van der Waals surface area contributed by atoms with E-state index in [-0.39, 0.29) is 27.8 Å². The largest absolute Gasteiger partial charge is 0.435 e. The molecule has 0 fully saturated rings. The number of ketones is 1. The topological polar surface area (TPSA) is 63.0 Å². The number of pyridine rings is 1. The van der Waals surface area contributed by atoms with E-state index in [1.807, 2.05) is 0 Å². The number of alkyl halides is 5. The van der Waals surface area contributed by atoms with Crippen LogP contribution in [-0.2, 0) is 6.18 Å². The molecule has 11 heteroatoms. The summed E-state index contributed by atoms with van der Waals surface area (Å²) >= 11 is 6.47. The fourth-order valence-electron chi connectivity index (χ4n) is 2.77. The molecule has 0 aliphatic carbocycles. The van der Waals surface area contributed by atoms with Crippen LogP contribution in [0, 0.1) is 11.3 Å². The Bertz CT molecular complexity index is 1190. The maximum atomic E-state index is 13.6. The predicted octanol–water partition coefficient (Wildman–Crippen LogP) is 6.87. The van der Waals surface area contributed by atoms with Gasteiger partial charge in [-0.25, -0.2) is 4.98 Å². The van der Waals surface area contributed by atoms with E-state index >= 15 is 0 Å². The SMILES string of the molecule is N#Cc1c(C(F)(F)F)cc(-c2ccc(OC(F)F)cc2)nc1SCC(=O)c1ccc(Cl)cc1. The van der Waals surface area contributed by atoms with Crippen molar-refractivity contribution >= 4 is 29.1 Å². The molecule has 0 saturated heterocycles. The zero-order valence-corrected chi connectivity index (χ0v) is 17.9. The van der Waals surface area contributed by atoms with Gasteiger partial charge in [0.05, 0.1) is 22.6 Å². The highest BCUT2D eigenvalue weighted by atomic mass is 35.5. The molecular formula is C22H12ClF5N2O2S. The van der Waals surface area contributed by atoms with Crippen LogP contribution in [0.25, 0.3) is 11.3 Å². The standard InChI is InChI=1S/C22H12ClF5N2O2S/c23-14-5-1-13(2-6-14)19(31)11-33-20-16(10-29)17(22(26,27)28)9-18(30-20)12-3-7-15(8-4-12)32-21(24)25/h1-9,21H,11H2. The molecule has 170 valence electrons. The maximum absolute atomic E-state index is 13.6. The number of hydrogen-bond acceptors (Lipinski definition) is 5. The molecule has 0 saturated carbocycles. The lowest BCUT2D eigenvalue weighted by Gasteiger charge is -2.14. The summed E-state index contributed by atoms with van der Waals surface area (Å²) in [6.07, 6.45) is -4.86. The average Bonchev–Trinajstić information content (AvgIpc) is 2.76. The summed E-state index contributed by atoms with van der Waals surface area (Å²) < 4.78 is 69.8. The van der Waals surface area contributed by atoms with Crippen molar-refractivity contribution < 1.29 is 31.5 Å². The normalized spacial score (nSPS) is 11.3. The summed E-state index contributed by atoms with van der Waals surface area (Å²) in [5, 5.41) is 9.50. The van der Waals surface area contributed by atoms with Crippen LogP contribution in [0.3, 0.4) is 0 Å². The van der Waals surface area contributed by atoms with E-state index in [2.05, 4.69) is 9.72 Å². The highest BCUT2D eigenvalue weighted by molar-refractivity contribution is 8.00. The fraction of sp³-hybridized carbons (Fsp3) is 0.136. The summed E-state index contributed by atoms with van der Waals surface area (Å²) in [4.78, 5) is 16.6. The summed E-state index contributed by atoms with van der Waals surface area (Å²) in [5.74, 6) is -0.845. The molecule has 1 heterocycles. The van der Waals surface area contributed by atoms with Gasteiger partial charge in [0.15, 0.2) is 5.78 Å². The Balaban J connectivity index is 1.97. The van der Waals surface area contributed by atoms with Crippen molar-refractivity contribution in [2.75, 3.05) is 5.75 Å². The highest BCUT2D eigenvalue weighted by Gasteiger charge is 2.36. The quantitative estimate of drug-likeness (QED) is 0.202. The Morgan fingerprint density at radius 3 is 2.30 bits per heavy atom. The number of carbonyl (C=O) groups is 1. The van der Waals surface area contributed by atoms with Crippen LogP contribution in [-0.4, -0.2) is 23.1 Å². The van der Waals surface area contributed by atoms with Crippen LogP contribution in [0.2, 0.25) is 5.02 Å². The minimum atomic E-state index is -4.86. The summed E-state index contributed by atoms with van der Waals surface area (Å²) in [7, 11) is 0. The highest BCUT2D eigenvalue weighted by Crippen LogP contribution is 2.38. The molecule has 0 N–H and O–H groups in total. The Labute approximate surface area is 194 Å². The molecule has 0 unspecified atom stereocenters. The molecule has 0 radical (unpaired) electrons. The number of benzene rings is 2. The van der Waals surface area contributed by atoms with Gasteiger partial charge in [0, 0.05) is 16.1 Å². The lowest BCUT2D eigenvalue weighted by Crippen LogP contribution is -2.11. The second-order valence-electron chi connectivity index (χ2n) is 6.47. The van der Waals surface area contributed by atoms with Crippen molar-refractivity contribution in [2.24, 2.45) is 0 Å². The molecule has 0 bridgehead atoms. The first-order chi connectivity index (χ1) is 15.6. The number of nitriles is 1. The van der Waals surface area contributed by atoms with Gasteiger partial charge in [-0.3, -0.25) is 4.79 Å². The van der Waals surface area contributed by atoms with E-state index in [1.165, 1.54) is 42.5 Å². The third kappa shape index (κ3) is 6.21. The second kappa shape index (κ2) is 10.2. The molecular weight excluding hydrogens is 487 g/mol. The Morgan fingerprint density at radius 1 is 1.12 bits per heavy atom. The molecule has 0 amide bonds. The van der Waals surface area contributed by atoms with Crippen LogP contribution in [0.1, 0.15) is 21.5 Å². The van der Waals surface area contributed by atoms with Gasteiger partial charge < -0.3 is 4.74 Å². The minimum absolute atomic E-state index is 0.147. The molecule has 3 rings (SSSR count). The summed E-state index contributed by atoms with van der Waals surface area (Å²) in [6.45, 7) is -3.05. The van der Waals surface area contributed by atoms with Crippen molar-refractivity contribution in [1.82, 2.24) is 4.98 Å². The minimum Gasteiger partial charge on any atom is -0.435 e. The lowest BCUT2D eigenvalue weighted by molar-refractivity contribution is -0.138. The van der Waals surface area contributed by atoms with E-state index in [1.54, 1.807) is 0 Å². The number of aromatic nitrogens is 1. The van der Waals surface area contributed by atoms with Crippen molar-refractivity contribution in [3.05, 3.63) is 76.3 Å². The van der Waals surface area contributed by atoms with Crippen molar-refractivity contribution in [3.8, 4) is 23.1 Å². The van der Waals surface area contributed by atoms with Crippen LogP contribution in [0.5, 0.6) is 5.75 Å². The molecule has 0 aliphatic rings. The summed E-state index contributed by atoms with van der Waals surface area (Å²) in [6, 6.07) is 13.0. The number of carbonyl (C=O) groups excluding carboxylic acids is 1. The molecule has 3 aromatic rings. The maximum Gasteiger partial charge on any atom is 0.417 e. The zero-order valence-electron chi connectivity index (χ0n) is 16.4. The molecule has 0 spiro atoms. The Kier molecular flexibility index (Phi) is 7.56. The van der Waals surface area contributed by atoms with Gasteiger partial charge >= 0.3 is 12.8 Å². The molecule has 2 aromatic carbocycles. The number of thioether (sulfide) groups is 1. The van der Waals surface area contributed by atoms with E-state index in [9.17, 15) is 32.0 Å².